The highest BCUT2D eigenvalue weighted by atomic mass is 31.1. The molecule has 5 heteroatoms. The molecule has 11 heavy (non-hydrogen) atoms. The van der Waals surface area contributed by atoms with E-state index in [4.69, 9.17) is 0 Å². The molecule has 0 rings (SSSR count). The zero-order valence-corrected chi connectivity index (χ0v) is 7.12. The molecule has 0 spiro atoms. The van der Waals surface area contributed by atoms with Crippen LogP contribution in [0.15, 0.2) is 12.2 Å². The first-order valence-corrected chi connectivity index (χ1v) is 4.22. The number of carbonyl (C=O) groups is 2. The highest BCUT2D eigenvalue weighted by molar-refractivity contribution is 7.60. The molecular weight excluding hydrogens is 167 g/mol. The number of aldehydes is 1. The van der Waals surface area contributed by atoms with E-state index in [2.05, 4.69) is 11.1 Å². The first-order chi connectivity index (χ1) is 5.09. The van der Waals surface area contributed by atoms with E-state index in [1.54, 1.807) is 0 Å². The van der Waals surface area contributed by atoms with Crippen molar-refractivity contribution in [3.63, 3.8) is 0 Å². The van der Waals surface area contributed by atoms with Gasteiger partial charge < -0.3 is 9.32 Å². The summed E-state index contributed by atoms with van der Waals surface area (Å²) in [5.74, 6) is 0. The van der Waals surface area contributed by atoms with E-state index >= 15 is 0 Å². The standard InChI is InChI=1S/C6H9O4P/c1-5(2)6(8)11(9)10-4-3-7/h3,11H,1,4H2,2H3. The van der Waals surface area contributed by atoms with Crippen LogP contribution in [0.5, 0.6) is 0 Å². The Morgan fingerprint density at radius 1 is 1.73 bits per heavy atom. The highest BCUT2D eigenvalue weighted by Gasteiger charge is 2.11. The second kappa shape index (κ2) is 4.99. The summed E-state index contributed by atoms with van der Waals surface area (Å²) in [4.78, 5) is 20.5. The molecule has 0 aromatic heterocycles. The molecule has 0 aliphatic heterocycles. The minimum Gasteiger partial charge on any atom is -0.317 e. The van der Waals surface area contributed by atoms with Gasteiger partial charge in [0.1, 0.15) is 12.9 Å². The Morgan fingerprint density at radius 3 is 2.64 bits per heavy atom. The molecule has 0 aromatic rings. The van der Waals surface area contributed by atoms with Crippen LogP contribution < -0.4 is 0 Å². The van der Waals surface area contributed by atoms with Crippen molar-refractivity contribution in [3.05, 3.63) is 12.2 Å². The van der Waals surface area contributed by atoms with Gasteiger partial charge in [-0.25, -0.2) is 0 Å². The maximum atomic E-state index is 10.7. The third kappa shape index (κ3) is 3.86. The van der Waals surface area contributed by atoms with Gasteiger partial charge in [-0.15, -0.1) is 0 Å². The van der Waals surface area contributed by atoms with E-state index in [-0.39, 0.29) is 12.2 Å². The summed E-state index contributed by atoms with van der Waals surface area (Å²) < 4.78 is 15.1. The maximum absolute atomic E-state index is 10.7. The van der Waals surface area contributed by atoms with Crippen molar-refractivity contribution in [1.29, 1.82) is 0 Å². The van der Waals surface area contributed by atoms with Crippen molar-refractivity contribution in [2.75, 3.05) is 6.61 Å². The first-order valence-electron chi connectivity index (χ1n) is 2.90. The quantitative estimate of drug-likeness (QED) is 0.352. The minimum absolute atomic E-state index is 0.180. The van der Waals surface area contributed by atoms with Crippen LogP contribution in [0.3, 0.4) is 0 Å². The molecule has 1 unspecified atom stereocenters. The van der Waals surface area contributed by atoms with E-state index < -0.39 is 13.6 Å². The van der Waals surface area contributed by atoms with E-state index in [0.29, 0.717) is 6.29 Å². The van der Waals surface area contributed by atoms with Crippen LogP contribution in [0.1, 0.15) is 6.92 Å². The molecular formula is C6H9O4P. The maximum Gasteiger partial charge on any atom is 0.260 e. The largest absolute Gasteiger partial charge is 0.317 e. The van der Waals surface area contributed by atoms with Gasteiger partial charge in [0, 0.05) is 0 Å². The molecule has 0 amide bonds. The van der Waals surface area contributed by atoms with Gasteiger partial charge in [-0.05, 0) is 12.5 Å². The number of allylic oxidation sites excluding steroid dienone is 1. The molecule has 0 radical (unpaired) electrons. The summed E-state index contributed by atoms with van der Waals surface area (Å²) in [5.41, 5.74) is -0.434. The van der Waals surface area contributed by atoms with Crippen molar-refractivity contribution in [3.8, 4) is 0 Å². The Kier molecular flexibility index (Phi) is 4.66. The van der Waals surface area contributed by atoms with Crippen molar-refractivity contribution >= 4 is 19.8 Å². The van der Waals surface area contributed by atoms with Crippen LogP contribution >= 0.6 is 8.03 Å². The van der Waals surface area contributed by atoms with E-state index in [0.717, 1.165) is 0 Å². The van der Waals surface area contributed by atoms with Crippen LogP contribution in [-0.4, -0.2) is 18.4 Å². The monoisotopic (exact) mass is 176 g/mol. The molecule has 4 nitrogen and oxygen atoms in total. The van der Waals surface area contributed by atoms with E-state index in [9.17, 15) is 14.2 Å². The van der Waals surface area contributed by atoms with Crippen molar-refractivity contribution in [2.24, 2.45) is 0 Å². The zero-order chi connectivity index (χ0) is 8.85. The molecule has 0 aromatic carbocycles. The number of carbonyl (C=O) groups excluding carboxylic acids is 2. The fraction of sp³-hybridized carbons (Fsp3) is 0.333. The fourth-order valence-electron chi connectivity index (χ4n) is 0.349. The van der Waals surface area contributed by atoms with Gasteiger partial charge in [-0.2, -0.15) is 0 Å². The Balaban J connectivity index is 3.94. The van der Waals surface area contributed by atoms with Gasteiger partial charge >= 0.3 is 0 Å². The van der Waals surface area contributed by atoms with Crippen LogP contribution in [0.2, 0.25) is 0 Å². The molecule has 0 aliphatic rings. The predicted octanol–water partition coefficient (Wildman–Crippen LogP) is 0.779. The number of hydrogen-bond acceptors (Lipinski definition) is 4. The van der Waals surface area contributed by atoms with Crippen molar-refractivity contribution in [2.45, 2.75) is 6.92 Å². The minimum atomic E-state index is -2.75. The summed E-state index contributed by atoms with van der Waals surface area (Å²) in [6.45, 7) is 4.42. The number of hydrogen-bond donors (Lipinski definition) is 0. The SMILES string of the molecule is C=C(C)C(=O)[PH](=O)OCC=O. The zero-order valence-electron chi connectivity index (χ0n) is 6.12. The Hall–Kier alpha value is -0.730. The lowest BCUT2D eigenvalue weighted by atomic mass is 10.4. The summed E-state index contributed by atoms with van der Waals surface area (Å²) >= 11 is 0. The smallest absolute Gasteiger partial charge is 0.260 e. The predicted molar refractivity (Wildman–Crippen MR) is 40.8 cm³/mol. The van der Waals surface area contributed by atoms with Gasteiger partial charge in [-0.3, -0.25) is 9.36 Å². The Bertz CT molecular complexity index is 209. The van der Waals surface area contributed by atoms with Crippen molar-refractivity contribution in [1.82, 2.24) is 0 Å². The lowest BCUT2D eigenvalue weighted by Crippen LogP contribution is -1.95. The van der Waals surface area contributed by atoms with Crippen LogP contribution in [0, 0.1) is 0 Å². The van der Waals surface area contributed by atoms with Crippen LogP contribution in [-0.2, 0) is 18.7 Å². The lowest BCUT2D eigenvalue weighted by molar-refractivity contribution is -0.110. The van der Waals surface area contributed by atoms with Gasteiger partial charge in [0.05, 0.1) is 0 Å². The molecule has 0 saturated carbocycles. The molecule has 0 heterocycles. The fourth-order valence-corrected chi connectivity index (χ4v) is 1.05. The normalized spacial score (nSPS) is 12.1. The average molecular weight is 176 g/mol. The van der Waals surface area contributed by atoms with Gasteiger partial charge in [0.15, 0.2) is 0 Å². The van der Waals surface area contributed by atoms with Crippen LogP contribution in [0.25, 0.3) is 0 Å². The van der Waals surface area contributed by atoms with E-state index in [1.807, 2.05) is 0 Å². The molecule has 1 atom stereocenters. The first kappa shape index (κ1) is 10.3. The third-order valence-electron chi connectivity index (χ3n) is 0.855. The van der Waals surface area contributed by atoms with Crippen molar-refractivity contribution < 1.29 is 18.7 Å². The third-order valence-corrected chi connectivity index (χ3v) is 2.08. The molecule has 0 N–H and O–H groups in total. The van der Waals surface area contributed by atoms with Gasteiger partial charge in [0.2, 0.25) is 5.52 Å². The molecule has 0 saturated heterocycles. The molecule has 0 bridgehead atoms. The average Bonchev–Trinajstić information content (AvgIpc) is 1.98. The molecule has 0 aliphatic carbocycles. The second-order valence-electron chi connectivity index (χ2n) is 1.87. The van der Waals surface area contributed by atoms with Crippen LogP contribution in [0.4, 0.5) is 0 Å². The molecule has 62 valence electrons. The van der Waals surface area contributed by atoms with Gasteiger partial charge in [0.25, 0.3) is 8.03 Å². The molecule has 0 fully saturated rings. The Labute approximate surface area is 65.1 Å². The Morgan fingerprint density at radius 2 is 2.27 bits per heavy atom. The number of rotatable bonds is 5. The summed E-state index contributed by atoms with van der Waals surface area (Å²) in [7, 11) is -2.75. The summed E-state index contributed by atoms with van der Waals surface area (Å²) in [5, 5.41) is 0. The van der Waals surface area contributed by atoms with Gasteiger partial charge in [-0.1, -0.05) is 6.58 Å². The van der Waals surface area contributed by atoms with E-state index in [1.165, 1.54) is 6.92 Å². The highest BCUT2D eigenvalue weighted by Crippen LogP contribution is 2.25. The summed E-state index contributed by atoms with van der Waals surface area (Å²) in [6.07, 6.45) is 0.439. The topological polar surface area (TPSA) is 60.4 Å². The summed E-state index contributed by atoms with van der Waals surface area (Å²) in [6, 6.07) is 0. The second-order valence-corrected chi connectivity index (χ2v) is 3.19. The lowest BCUT2D eigenvalue weighted by Gasteiger charge is -1.97.